The van der Waals surface area contributed by atoms with E-state index in [-0.39, 0.29) is 10.9 Å². The quantitative estimate of drug-likeness (QED) is 0.127. The Hall–Kier alpha value is -1.89. The Morgan fingerprint density at radius 1 is 0.714 bits per heavy atom. The van der Waals surface area contributed by atoms with Gasteiger partial charge in [0.2, 0.25) is 5.91 Å². The minimum atomic E-state index is -1.84. The maximum atomic E-state index is 12.5. The molecule has 11 nitrogen and oxygen atoms in total. The number of rotatable bonds is 18. The van der Waals surface area contributed by atoms with Gasteiger partial charge in [0, 0.05) is 32.8 Å². The zero-order valence-corrected chi connectivity index (χ0v) is 29.5. The minimum absolute atomic E-state index is 0.146. The molecule has 0 aromatic heterocycles. The molecule has 0 saturated carbocycles. The van der Waals surface area contributed by atoms with Crippen LogP contribution in [-0.2, 0) is 18.7 Å². The molecule has 0 aromatic rings. The number of alkyl carbamates (subject to hydrolysis) is 2. The summed E-state index contributed by atoms with van der Waals surface area (Å²) >= 11 is 0. The van der Waals surface area contributed by atoms with E-state index in [1.54, 1.807) is 0 Å². The van der Waals surface area contributed by atoms with Gasteiger partial charge in [0.1, 0.15) is 11.2 Å². The third-order valence-electron chi connectivity index (χ3n) is 6.89. The summed E-state index contributed by atoms with van der Waals surface area (Å²) in [7, 11) is -1.84. The van der Waals surface area contributed by atoms with Crippen molar-refractivity contribution in [2.45, 2.75) is 130 Å². The van der Waals surface area contributed by atoms with E-state index in [1.807, 2.05) is 41.5 Å². The normalized spacial score (nSPS) is 13.5. The second-order valence-electron chi connectivity index (χ2n) is 14.4. The third kappa shape index (κ3) is 20.9. The lowest BCUT2D eigenvalue weighted by Gasteiger charge is -2.37. The number of hydrogen-bond acceptors (Lipinski definition) is 8. The van der Waals surface area contributed by atoms with E-state index in [4.69, 9.17) is 19.6 Å². The van der Waals surface area contributed by atoms with Crippen molar-refractivity contribution in [3.8, 4) is 0 Å². The van der Waals surface area contributed by atoms with E-state index in [1.165, 1.54) is 0 Å². The summed E-state index contributed by atoms with van der Waals surface area (Å²) in [6, 6.07) is -0.584. The Morgan fingerprint density at radius 2 is 1.17 bits per heavy atom. The highest BCUT2D eigenvalue weighted by Gasteiger charge is 2.37. The highest BCUT2D eigenvalue weighted by atomic mass is 28.4. The number of nitrogens with two attached hydrogens (primary N) is 1. The molecule has 0 radical (unpaired) electrons. The number of carbonyl (C=O) groups is 3. The largest absolute Gasteiger partial charge is 0.444 e. The van der Waals surface area contributed by atoms with Crippen molar-refractivity contribution in [1.29, 1.82) is 0 Å². The SMILES string of the molecule is CC(C)(C)OC(=O)NCCCC[C@H](N)C(=O)NCCCN(CCCNC(=O)OC(C)(C)C)CCO[Si](C)(C)C(C)(C)C. The van der Waals surface area contributed by atoms with E-state index < -0.39 is 37.7 Å². The van der Waals surface area contributed by atoms with Crippen molar-refractivity contribution in [2.75, 3.05) is 45.9 Å². The van der Waals surface area contributed by atoms with Gasteiger partial charge in [-0.3, -0.25) is 4.79 Å². The molecule has 0 unspecified atom stereocenters. The maximum absolute atomic E-state index is 12.5. The molecule has 248 valence electrons. The van der Waals surface area contributed by atoms with Crippen LogP contribution in [0.2, 0.25) is 18.1 Å². The van der Waals surface area contributed by atoms with Crippen LogP contribution in [0, 0.1) is 0 Å². The summed E-state index contributed by atoms with van der Waals surface area (Å²) in [4.78, 5) is 38.4. The maximum Gasteiger partial charge on any atom is 0.407 e. The average Bonchev–Trinajstić information content (AvgIpc) is 2.80. The van der Waals surface area contributed by atoms with Crippen LogP contribution in [0.25, 0.3) is 0 Å². The predicted molar refractivity (Wildman–Crippen MR) is 172 cm³/mol. The minimum Gasteiger partial charge on any atom is -0.444 e. The van der Waals surface area contributed by atoms with Gasteiger partial charge in [-0.05, 0) is 105 Å². The molecule has 0 fully saturated rings. The molecule has 42 heavy (non-hydrogen) atoms. The van der Waals surface area contributed by atoms with Gasteiger partial charge in [-0.25, -0.2) is 9.59 Å². The molecule has 0 saturated heterocycles. The lowest BCUT2D eigenvalue weighted by Crippen LogP contribution is -2.44. The van der Waals surface area contributed by atoms with Crippen molar-refractivity contribution < 1.29 is 28.3 Å². The number of carbonyl (C=O) groups excluding carboxylic acids is 3. The van der Waals surface area contributed by atoms with Gasteiger partial charge in [0.05, 0.1) is 6.04 Å². The molecular formula is C30H63N5O6Si. The molecule has 5 N–H and O–H groups in total. The Bertz CT molecular complexity index is 805. The van der Waals surface area contributed by atoms with Gasteiger partial charge >= 0.3 is 12.2 Å². The van der Waals surface area contributed by atoms with Crippen molar-refractivity contribution in [2.24, 2.45) is 5.73 Å². The first-order chi connectivity index (χ1) is 19.1. The van der Waals surface area contributed by atoms with Crippen molar-refractivity contribution in [1.82, 2.24) is 20.9 Å². The summed E-state index contributed by atoms with van der Waals surface area (Å²) in [5, 5.41) is 8.63. The highest BCUT2D eigenvalue weighted by molar-refractivity contribution is 6.74. The zero-order valence-electron chi connectivity index (χ0n) is 28.5. The molecule has 12 heteroatoms. The molecule has 0 aliphatic rings. The first-order valence-electron chi connectivity index (χ1n) is 15.5. The summed E-state index contributed by atoms with van der Waals surface area (Å²) in [5.74, 6) is -0.163. The van der Waals surface area contributed by atoms with Crippen LogP contribution in [0.3, 0.4) is 0 Å². The van der Waals surface area contributed by atoms with Crippen molar-refractivity contribution >= 4 is 26.4 Å². The first-order valence-corrected chi connectivity index (χ1v) is 18.4. The molecule has 0 aromatic carbocycles. The second-order valence-corrected chi connectivity index (χ2v) is 19.2. The molecule has 0 bridgehead atoms. The van der Waals surface area contributed by atoms with E-state index >= 15 is 0 Å². The molecular weight excluding hydrogens is 554 g/mol. The van der Waals surface area contributed by atoms with Gasteiger partial charge in [0.15, 0.2) is 8.32 Å². The Balaban J connectivity index is 4.52. The number of nitrogens with one attached hydrogen (secondary N) is 3. The monoisotopic (exact) mass is 617 g/mol. The molecule has 0 spiro atoms. The van der Waals surface area contributed by atoms with Gasteiger partial charge in [-0.2, -0.15) is 0 Å². The van der Waals surface area contributed by atoms with Gasteiger partial charge < -0.3 is 40.5 Å². The number of nitrogens with zero attached hydrogens (tertiary/aromatic N) is 1. The van der Waals surface area contributed by atoms with Crippen molar-refractivity contribution in [3.05, 3.63) is 0 Å². The summed E-state index contributed by atoms with van der Waals surface area (Å²) < 4.78 is 16.9. The second kappa shape index (κ2) is 18.7. The van der Waals surface area contributed by atoms with E-state index in [9.17, 15) is 14.4 Å². The van der Waals surface area contributed by atoms with Crippen LogP contribution in [0.5, 0.6) is 0 Å². The van der Waals surface area contributed by atoms with Crippen LogP contribution in [0.4, 0.5) is 9.59 Å². The Labute approximate surface area is 256 Å². The molecule has 1 atom stereocenters. The van der Waals surface area contributed by atoms with Crippen LogP contribution in [0.15, 0.2) is 0 Å². The number of ether oxygens (including phenoxy) is 2. The van der Waals surface area contributed by atoms with Crippen LogP contribution >= 0.6 is 0 Å². The first kappa shape index (κ1) is 40.1. The fraction of sp³-hybridized carbons (Fsp3) is 0.900. The van der Waals surface area contributed by atoms with Crippen LogP contribution in [-0.4, -0.2) is 94.4 Å². The molecule has 0 rings (SSSR count). The van der Waals surface area contributed by atoms with Crippen molar-refractivity contribution in [3.63, 3.8) is 0 Å². The predicted octanol–water partition coefficient (Wildman–Crippen LogP) is 4.75. The smallest absolute Gasteiger partial charge is 0.407 e. The van der Waals surface area contributed by atoms with E-state index in [0.29, 0.717) is 32.7 Å². The molecule has 0 aliphatic heterocycles. The summed E-state index contributed by atoms with van der Waals surface area (Å²) in [6.07, 6.45) is 2.69. The molecule has 0 aliphatic carbocycles. The highest BCUT2D eigenvalue weighted by Crippen LogP contribution is 2.36. The van der Waals surface area contributed by atoms with Gasteiger partial charge in [-0.1, -0.05) is 20.8 Å². The Kier molecular flexibility index (Phi) is 17.9. The number of unbranched alkanes of at least 4 members (excludes halogenated alkanes) is 1. The topological polar surface area (TPSA) is 144 Å². The van der Waals surface area contributed by atoms with Crippen LogP contribution in [0.1, 0.15) is 94.4 Å². The van der Waals surface area contributed by atoms with E-state index in [0.717, 1.165) is 45.3 Å². The Morgan fingerprint density at radius 3 is 1.62 bits per heavy atom. The van der Waals surface area contributed by atoms with E-state index in [2.05, 4.69) is 54.7 Å². The van der Waals surface area contributed by atoms with Crippen LogP contribution < -0.4 is 21.7 Å². The summed E-state index contributed by atoms with van der Waals surface area (Å²) in [6.45, 7) is 26.7. The lowest BCUT2D eigenvalue weighted by atomic mass is 10.1. The lowest BCUT2D eigenvalue weighted by molar-refractivity contribution is -0.122. The van der Waals surface area contributed by atoms with Gasteiger partial charge in [-0.15, -0.1) is 0 Å². The number of amides is 3. The standard InChI is InChI=1S/C30H63N5O6Si/c1-28(2,3)40-26(37)33-17-13-12-16-24(31)25(36)32-18-14-20-35(22-23-39-42(10,11)30(7,8)9)21-15-19-34-27(38)41-29(4,5)6/h24H,12-23,31H2,1-11H3,(H,32,36)(H,33,37)(H,34,38)/t24-/m0/s1. The number of hydrogen-bond donors (Lipinski definition) is 4. The molecule has 3 amide bonds. The summed E-state index contributed by atoms with van der Waals surface area (Å²) in [5.41, 5.74) is 5.02. The average molecular weight is 618 g/mol. The third-order valence-corrected chi connectivity index (χ3v) is 11.4. The molecule has 0 heterocycles. The fourth-order valence-corrected chi connectivity index (χ4v) is 4.59. The zero-order chi connectivity index (χ0) is 32.6. The fourth-order valence-electron chi connectivity index (χ4n) is 3.56. The van der Waals surface area contributed by atoms with Gasteiger partial charge in [0.25, 0.3) is 0 Å².